The molecule has 0 unspecified atom stereocenters. The summed E-state index contributed by atoms with van der Waals surface area (Å²) in [7, 11) is 1.52. The largest absolute Gasteiger partial charge is 0.505 e. The number of benzene rings is 1. The third-order valence-corrected chi connectivity index (χ3v) is 2.23. The summed E-state index contributed by atoms with van der Waals surface area (Å²) in [6.45, 7) is 0.146. The molecule has 0 bridgehead atoms. The van der Waals surface area contributed by atoms with Crippen LogP contribution in [0.25, 0.3) is 0 Å². The van der Waals surface area contributed by atoms with E-state index in [0.717, 1.165) is 0 Å². The van der Waals surface area contributed by atoms with Gasteiger partial charge in [-0.25, -0.2) is 0 Å². The summed E-state index contributed by atoms with van der Waals surface area (Å²) < 4.78 is 10.3. The average molecular weight is 268 g/mol. The van der Waals surface area contributed by atoms with E-state index < -0.39 is 0 Å². The molecule has 0 spiro atoms. The average Bonchev–Trinajstić information content (AvgIpc) is 2.10. The van der Waals surface area contributed by atoms with E-state index in [1.54, 1.807) is 6.07 Å². The highest BCUT2D eigenvalue weighted by Crippen LogP contribution is 2.35. The lowest BCUT2D eigenvalue weighted by Gasteiger charge is -2.06. The van der Waals surface area contributed by atoms with Crippen molar-refractivity contribution < 1.29 is 14.6 Å². The number of methoxy groups -OCH3 is 1. The van der Waals surface area contributed by atoms with Gasteiger partial charge in [-0.05, 0) is 22.0 Å². The van der Waals surface area contributed by atoms with Gasteiger partial charge < -0.3 is 14.6 Å². The van der Waals surface area contributed by atoms with Crippen LogP contribution in [0.5, 0.6) is 11.5 Å². The molecule has 0 heterocycles. The molecule has 13 heavy (non-hydrogen) atoms. The highest BCUT2D eigenvalue weighted by Gasteiger charge is 2.06. The van der Waals surface area contributed by atoms with Gasteiger partial charge in [0.15, 0.2) is 6.79 Å². The summed E-state index contributed by atoms with van der Waals surface area (Å²) in [6, 6.07) is 3.13. The molecule has 0 aliphatic rings. The first kappa shape index (κ1) is 10.6. The second-order valence-electron chi connectivity index (χ2n) is 2.29. The van der Waals surface area contributed by atoms with Gasteiger partial charge in [-0.3, -0.25) is 0 Å². The maximum absolute atomic E-state index is 9.29. The van der Waals surface area contributed by atoms with Gasteiger partial charge in [-0.1, -0.05) is 11.6 Å². The van der Waals surface area contributed by atoms with Gasteiger partial charge in [0.2, 0.25) is 0 Å². The lowest BCUT2D eigenvalue weighted by molar-refractivity contribution is 0.0510. The lowest BCUT2D eigenvalue weighted by atomic mass is 10.3. The first-order chi connectivity index (χ1) is 6.15. The van der Waals surface area contributed by atoms with Gasteiger partial charge in [0.1, 0.15) is 11.5 Å². The summed E-state index contributed by atoms with van der Waals surface area (Å²) >= 11 is 8.83. The molecule has 0 amide bonds. The normalized spacial score (nSPS) is 10.1. The van der Waals surface area contributed by atoms with Crippen molar-refractivity contribution in [2.45, 2.75) is 0 Å². The summed E-state index contributed by atoms with van der Waals surface area (Å²) in [4.78, 5) is 0. The van der Waals surface area contributed by atoms with E-state index in [2.05, 4.69) is 15.9 Å². The molecule has 5 heteroatoms. The van der Waals surface area contributed by atoms with E-state index in [1.807, 2.05) is 0 Å². The van der Waals surface area contributed by atoms with Crippen molar-refractivity contribution >= 4 is 27.5 Å². The van der Waals surface area contributed by atoms with Crippen LogP contribution in [0.2, 0.25) is 5.02 Å². The minimum absolute atomic E-state index is 0.00596. The van der Waals surface area contributed by atoms with E-state index in [1.165, 1.54) is 13.2 Å². The molecule has 1 aromatic carbocycles. The Morgan fingerprint density at radius 3 is 2.77 bits per heavy atom. The molecule has 0 atom stereocenters. The monoisotopic (exact) mass is 266 g/mol. The quantitative estimate of drug-likeness (QED) is 0.856. The fourth-order valence-electron chi connectivity index (χ4n) is 0.753. The summed E-state index contributed by atoms with van der Waals surface area (Å²) in [5.74, 6) is 0.544. The number of phenolic OH excluding ortho intramolecular Hbond substituents is 1. The molecule has 72 valence electrons. The number of hydrogen-bond acceptors (Lipinski definition) is 3. The SMILES string of the molecule is COCOc1cc(Cl)c(O)c(Br)c1. The van der Waals surface area contributed by atoms with Crippen LogP contribution >= 0.6 is 27.5 Å². The van der Waals surface area contributed by atoms with Crippen LogP contribution in [0.4, 0.5) is 0 Å². The van der Waals surface area contributed by atoms with E-state index in [0.29, 0.717) is 10.2 Å². The molecule has 0 aromatic heterocycles. The zero-order chi connectivity index (χ0) is 9.84. The van der Waals surface area contributed by atoms with Crippen LogP contribution in [0.3, 0.4) is 0 Å². The number of rotatable bonds is 3. The number of halogens is 2. The summed E-state index contributed by atoms with van der Waals surface area (Å²) in [6.07, 6.45) is 0. The Bertz CT molecular complexity index is 280. The Hall–Kier alpha value is -0.450. The van der Waals surface area contributed by atoms with Crippen molar-refractivity contribution in [2.75, 3.05) is 13.9 Å². The third kappa shape index (κ3) is 2.76. The molecule has 0 aliphatic heterocycles. The van der Waals surface area contributed by atoms with Crippen LogP contribution in [-0.2, 0) is 4.74 Å². The van der Waals surface area contributed by atoms with Gasteiger partial charge in [-0.15, -0.1) is 0 Å². The van der Waals surface area contributed by atoms with Crippen LogP contribution in [0, 0.1) is 0 Å². The lowest BCUT2D eigenvalue weighted by Crippen LogP contribution is -1.98. The van der Waals surface area contributed by atoms with E-state index in [4.69, 9.17) is 21.1 Å². The van der Waals surface area contributed by atoms with Gasteiger partial charge in [0.05, 0.1) is 9.50 Å². The first-order valence-electron chi connectivity index (χ1n) is 3.45. The zero-order valence-corrected chi connectivity index (χ0v) is 9.22. The zero-order valence-electron chi connectivity index (χ0n) is 6.88. The Labute approximate surface area is 89.4 Å². The maximum atomic E-state index is 9.29. The maximum Gasteiger partial charge on any atom is 0.188 e. The topological polar surface area (TPSA) is 38.7 Å². The van der Waals surface area contributed by atoms with Crippen molar-refractivity contribution in [3.63, 3.8) is 0 Å². The molecule has 0 saturated heterocycles. The second kappa shape index (κ2) is 4.69. The van der Waals surface area contributed by atoms with Crippen molar-refractivity contribution in [1.29, 1.82) is 0 Å². The molecule has 0 aliphatic carbocycles. The predicted octanol–water partition coefficient (Wildman–Crippen LogP) is 2.79. The fourth-order valence-corrected chi connectivity index (χ4v) is 1.52. The van der Waals surface area contributed by atoms with E-state index in [9.17, 15) is 5.11 Å². The highest BCUT2D eigenvalue weighted by atomic mass is 79.9. The molecule has 1 N–H and O–H groups in total. The molecule has 0 radical (unpaired) electrons. The molecular formula is C8H8BrClO3. The Morgan fingerprint density at radius 2 is 2.23 bits per heavy atom. The van der Waals surface area contributed by atoms with Gasteiger partial charge >= 0.3 is 0 Å². The van der Waals surface area contributed by atoms with Crippen LogP contribution < -0.4 is 4.74 Å². The van der Waals surface area contributed by atoms with Crippen molar-refractivity contribution in [2.24, 2.45) is 0 Å². The Balaban J connectivity index is 2.86. The van der Waals surface area contributed by atoms with Crippen LogP contribution in [0.15, 0.2) is 16.6 Å². The minimum Gasteiger partial charge on any atom is -0.505 e. The Morgan fingerprint density at radius 1 is 1.54 bits per heavy atom. The second-order valence-corrected chi connectivity index (χ2v) is 3.55. The number of ether oxygens (including phenoxy) is 2. The van der Waals surface area contributed by atoms with Crippen LogP contribution in [-0.4, -0.2) is 19.0 Å². The molecule has 1 aromatic rings. The van der Waals surface area contributed by atoms with Crippen molar-refractivity contribution in [3.05, 3.63) is 21.6 Å². The van der Waals surface area contributed by atoms with Crippen molar-refractivity contribution in [1.82, 2.24) is 0 Å². The third-order valence-electron chi connectivity index (χ3n) is 1.33. The first-order valence-corrected chi connectivity index (χ1v) is 4.62. The summed E-state index contributed by atoms with van der Waals surface area (Å²) in [5.41, 5.74) is 0. The highest BCUT2D eigenvalue weighted by molar-refractivity contribution is 9.10. The molecule has 0 saturated carbocycles. The molecule has 0 fully saturated rings. The smallest absolute Gasteiger partial charge is 0.188 e. The summed E-state index contributed by atoms with van der Waals surface area (Å²) in [5, 5.41) is 9.53. The van der Waals surface area contributed by atoms with E-state index >= 15 is 0 Å². The Kier molecular flexibility index (Phi) is 3.84. The molecular weight excluding hydrogens is 259 g/mol. The number of aromatic hydroxyl groups is 1. The van der Waals surface area contributed by atoms with Crippen molar-refractivity contribution in [3.8, 4) is 11.5 Å². The van der Waals surface area contributed by atoms with Gasteiger partial charge in [0, 0.05) is 13.2 Å². The molecule has 1 rings (SSSR count). The number of phenols is 1. The van der Waals surface area contributed by atoms with E-state index in [-0.39, 0.29) is 17.6 Å². The fraction of sp³-hybridized carbons (Fsp3) is 0.250. The van der Waals surface area contributed by atoms with Gasteiger partial charge in [-0.2, -0.15) is 0 Å². The van der Waals surface area contributed by atoms with Crippen LogP contribution in [0.1, 0.15) is 0 Å². The predicted molar refractivity (Wildman–Crippen MR) is 53.3 cm³/mol. The number of hydrogen-bond donors (Lipinski definition) is 1. The minimum atomic E-state index is 0.00596. The standard InChI is InChI=1S/C8H8BrClO3/c1-12-4-13-5-2-6(9)8(11)7(10)3-5/h2-3,11H,4H2,1H3. The van der Waals surface area contributed by atoms with Gasteiger partial charge in [0.25, 0.3) is 0 Å². The molecule has 3 nitrogen and oxygen atoms in total.